The van der Waals surface area contributed by atoms with Crippen molar-refractivity contribution in [3.8, 4) is 11.5 Å². The summed E-state index contributed by atoms with van der Waals surface area (Å²) in [4.78, 5) is 29.9. The molecular weight excluding hydrogens is 520 g/mol. The highest BCUT2D eigenvalue weighted by Crippen LogP contribution is 2.36. The number of nitrogens with zero attached hydrogens (tertiary/aromatic N) is 2. The Morgan fingerprint density at radius 3 is 2.38 bits per heavy atom. The topological polar surface area (TPSA) is 59.1 Å². The van der Waals surface area contributed by atoms with E-state index in [9.17, 15) is 9.59 Å². The van der Waals surface area contributed by atoms with Gasteiger partial charge in [-0.05, 0) is 79.4 Å². The Balaban J connectivity index is 1.51. The Bertz CT molecular complexity index is 1370. The normalized spacial score (nSPS) is 14.3. The highest BCUT2D eigenvalue weighted by Gasteiger charge is 2.35. The second-order valence-electron chi connectivity index (χ2n) is 10.0. The Morgan fingerprint density at radius 1 is 0.925 bits per heavy atom. The van der Waals surface area contributed by atoms with E-state index in [0.717, 1.165) is 58.5 Å². The number of ether oxygens (including phenoxy) is 2. The van der Waals surface area contributed by atoms with Gasteiger partial charge in [0, 0.05) is 30.4 Å². The summed E-state index contributed by atoms with van der Waals surface area (Å²) in [5.74, 6) is 1.46. The minimum absolute atomic E-state index is 0.186. The van der Waals surface area contributed by atoms with Crippen molar-refractivity contribution < 1.29 is 19.1 Å². The van der Waals surface area contributed by atoms with E-state index in [2.05, 4.69) is 44.7 Å². The fourth-order valence-corrected chi connectivity index (χ4v) is 5.47. The Morgan fingerprint density at radius 2 is 1.68 bits per heavy atom. The first kappa shape index (κ1) is 29.3. The molecule has 1 aliphatic heterocycles. The van der Waals surface area contributed by atoms with Crippen LogP contribution in [0.1, 0.15) is 55.9 Å². The van der Waals surface area contributed by atoms with Crippen molar-refractivity contribution in [3.05, 3.63) is 93.9 Å². The monoisotopic (exact) mass is 558 g/mol. The molecule has 1 aliphatic rings. The summed E-state index contributed by atoms with van der Waals surface area (Å²) in [5, 5.41) is -0.292. The van der Waals surface area contributed by atoms with Crippen LogP contribution in [0, 0.1) is 6.92 Å². The number of carbonyl (C=O) groups is 2. The first-order chi connectivity index (χ1) is 19.3. The molecule has 40 heavy (non-hydrogen) atoms. The molecule has 2 amide bonds. The van der Waals surface area contributed by atoms with Gasteiger partial charge >= 0.3 is 0 Å². The smallest absolute Gasteiger partial charge is 0.293 e. The van der Waals surface area contributed by atoms with E-state index in [1.165, 1.54) is 4.90 Å². The van der Waals surface area contributed by atoms with Crippen LogP contribution in [-0.2, 0) is 11.4 Å². The lowest BCUT2D eigenvalue weighted by atomic mass is 10.0. The van der Waals surface area contributed by atoms with E-state index < -0.39 is 0 Å². The van der Waals surface area contributed by atoms with Crippen molar-refractivity contribution in [2.45, 2.75) is 47.1 Å². The minimum Gasteiger partial charge on any atom is -0.491 e. The van der Waals surface area contributed by atoms with E-state index in [1.54, 1.807) is 6.08 Å². The Hall–Kier alpha value is -3.71. The zero-order valence-electron chi connectivity index (χ0n) is 24.0. The van der Waals surface area contributed by atoms with Crippen molar-refractivity contribution in [3.63, 3.8) is 0 Å². The molecule has 210 valence electrons. The van der Waals surface area contributed by atoms with Gasteiger partial charge in [0.05, 0.1) is 11.4 Å². The van der Waals surface area contributed by atoms with E-state index in [0.29, 0.717) is 23.2 Å². The predicted octanol–water partition coefficient (Wildman–Crippen LogP) is 7.66. The number of amides is 2. The number of imide groups is 1. The van der Waals surface area contributed by atoms with Crippen LogP contribution in [0.25, 0.3) is 6.08 Å². The fourth-order valence-electron chi connectivity index (χ4n) is 4.61. The van der Waals surface area contributed by atoms with E-state index in [-0.39, 0.29) is 24.3 Å². The Labute approximate surface area is 242 Å². The third-order valence-electron chi connectivity index (χ3n) is 6.89. The number of rotatable bonds is 12. The summed E-state index contributed by atoms with van der Waals surface area (Å²) in [6, 6.07) is 22.1. The molecule has 1 heterocycles. The Kier molecular flexibility index (Phi) is 9.93. The molecule has 0 radical (unpaired) electrons. The number of thioether (sulfide) groups is 1. The molecule has 3 aromatic rings. The molecule has 0 bridgehead atoms. The standard InChI is InChI=1S/C33H38N2O4S/c1-6-34(7-2)27-15-14-26(29(21-27)39-22-25-11-9-8-10-12-25)20-31-32(36)35(33(37)40-31)17-18-38-30-19-24(5)13-16-28(30)23(3)4/h8-16,19-21,23H,6-7,17-18,22H2,1-5H3/b31-20-. The summed E-state index contributed by atoms with van der Waals surface area (Å²) in [6.45, 7) is 13.0. The molecule has 4 rings (SSSR count). The fraction of sp³-hybridized carbons (Fsp3) is 0.333. The molecular formula is C33H38N2O4S. The average Bonchev–Trinajstić information content (AvgIpc) is 3.21. The maximum absolute atomic E-state index is 13.3. The van der Waals surface area contributed by atoms with Gasteiger partial charge in [-0.15, -0.1) is 0 Å². The molecule has 0 unspecified atom stereocenters. The lowest BCUT2D eigenvalue weighted by Gasteiger charge is -2.22. The summed E-state index contributed by atoms with van der Waals surface area (Å²) >= 11 is 0.953. The zero-order chi connectivity index (χ0) is 28.6. The van der Waals surface area contributed by atoms with Crippen LogP contribution in [0.4, 0.5) is 10.5 Å². The SMILES string of the molecule is CCN(CC)c1ccc(/C=C2\SC(=O)N(CCOc3cc(C)ccc3C(C)C)C2=O)c(OCc2ccccc2)c1. The number of carbonyl (C=O) groups excluding carboxylic acids is 2. The predicted molar refractivity (Wildman–Crippen MR) is 164 cm³/mol. The highest BCUT2D eigenvalue weighted by atomic mass is 32.2. The number of hydrogen-bond donors (Lipinski definition) is 0. The van der Waals surface area contributed by atoms with Crippen LogP contribution in [0.15, 0.2) is 71.6 Å². The maximum atomic E-state index is 13.3. The minimum atomic E-state index is -0.311. The van der Waals surface area contributed by atoms with E-state index in [1.807, 2.05) is 61.5 Å². The van der Waals surface area contributed by atoms with Gasteiger partial charge in [-0.3, -0.25) is 14.5 Å². The van der Waals surface area contributed by atoms with Crippen molar-refractivity contribution in [1.29, 1.82) is 0 Å². The number of anilines is 1. The maximum Gasteiger partial charge on any atom is 0.293 e. The van der Waals surface area contributed by atoms with E-state index in [4.69, 9.17) is 9.47 Å². The first-order valence-corrected chi connectivity index (χ1v) is 14.7. The lowest BCUT2D eigenvalue weighted by Crippen LogP contribution is -2.32. The van der Waals surface area contributed by atoms with Crippen LogP contribution in [0.3, 0.4) is 0 Å². The van der Waals surface area contributed by atoms with Crippen LogP contribution in [0.5, 0.6) is 11.5 Å². The second-order valence-corrected chi connectivity index (χ2v) is 11.0. The van der Waals surface area contributed by atoms with Crippen LogP contribution >= 0.6 is 11.8 Å². The third kappa shape index (κ3) is 7.07. The van der Waals surface area contributed by atoms with Crippen molar-refractivity contribution in [2.75, 3.05) is 31.1 Å². The van der Waals surface area contributed by atoms with Gasteiger partial charge in [0.1, 0.15) is 24.7 Å². The van der Waals surface area contributed by atoms with Gasteiger partial charge in [0.25, 0.3) is 11.1 Å². The zero-order valence-corrected chi connectivity index (χ0v) is 24.8. The summed E-state index contributed by atoms with van der Waals surface area (Å²) in [7, 11) is 0. The van der Waals surface area contributed by atoms with Gasteiger partial charge in [-0.1, -0.05) is 56.3 Å². The quantitative estimate of drug-likeness (QED) is 0.213. The summed E-state index contributed by atoms with van der Waals surface area (Å²) in [5.41, 5.74) is 5.07. The summed E-state index contributed by atoms with van der Waals surface area (Å²) in [6.07, 6.45) is 1.76. The molecule has 0 spiro atoms. The van der Waals surface area contributed by atoms with Gasteiger partial charge < -0.3 is 14.4 Å². The average molecular weight is 559 g/mol. The van der Waals surface area contributed by atoms with Gasteiger partial charge in [-0.25, -0.2) is 0 Å². The summed E-state index contributed by atoms with van der Waals surface area (Å²) < 4.78 is 12.3. The first-order valence-electron chi connectivity index (χ1n) is 13.8. The molecule has 0 atom stereocenters. The number of benzene rings is 3. The van der Waals surface area contributed by atoms with Crippen LogP contribution in [-0.4, -0.2) is 42.3 Å². The van der Waals surface area contributed by atoms with E-state index >= 15 is 0 Å². The van der Waals surface area contributed by atoms with Crippen molar-refractivity contribution in [2.24, 2.45) is 0 Å². The number of aryl methyl sites for hydroxylation is 1. The van der Waals surface area contributed by atoms with Crippen molar-refractivity contribution >= 4 is 34.7 Å². The number of hydrogen-bond acceptors (Lipinski definition) is 6. The van der Waals surface area contributed by atoms with Crippen LogP contribution in [0.2, 0.25) is 0 Å². The molecule has 1 saturated heterocycles. The third-order valence-corrected chi connectivity index (χ3v) is 7.79. The van der Waals surface area contributed by atoms with Crippen molar-refractivity contribution in [1.82, 2.24) is 4.90 Å². The molecule has 0 saturated carbocycles. The molecule has 0 aliphatic carbocycles. The molecule has 6 nitrogen and oxygen atoms in total. The van der Waals surface area contributed by atoms with Gasteiger partial charge in [0.15, 0.2) is 0 Å². The molecule has 1 fully saturated rings. The second kappa shape index (κ2) is 13.6. The molecule has 7 heteroatoms. The molecule has 0 N–H and O–H groups in total. The van der Waals surface area contributed by atoms with Gasteiger partial charge in [0.2, 0.25) is 0 Å². The largest absolute Gasteiger partial charge is 0.491 e. The lowest BCUT2D eigenvalue weighted by molar-refractivity contribution is -0.123. The van der Waals surface area contributed by atoms with Crippen LogP contribution < -0.4 is 14.4 Å². The van der Waals surface area contributed by atoms with Gasteiger partial charge in [-0.2, -0.15) is 0 Å². The molecule has 0 aromatic heterocycles. The molecule has 3 aromatic carbocycles. The highest BCUT2D eigenvalue weighted by molar-refractivity contribution is 8.18.